The molecule has 2 aliphatic rings. The Balaban J connectivity index is 2.10. The van der Waals surface area contributed by atoms with Crippen molar-refractivity contribution >= 4 is 5.91 Å². The van der Waals surface area contributed by atoms with Crippen LogP contribution in [0.2, 0.25) is 0 Å². The molecule has 0 radical (unpaired) electrons. The molecule has 2 rings (SSSR count). The summed E-state index contributed by atoms with van der Waals surface area (Å²) in [6.45, 7) is 3.01. The standard InChI is InChI=1S/C13H21F3N2O/c1-2-3-10-4-7-18(8-10)11(19)12(13(14,15)16)5-6-17-9-12/h10,17H,2-9H2,1H3. The van der Waals surface area contributed by atoms with Gasteiger partial charge in [0.2, 0.25) is 5.91 Å². The van der Waals surface area contributed by atoms with Crippen LogP contribution >= 0.6 is 0 Å². The normalized spacial score (nSPS) is 32.0. The lowest BCUT2D eigenvalue weighted by Crippen LogP contribution is -2.53. The van der Waals surface area contributed by atoms with E-state index in [1.54, 1.807) is 0 Å². The number of alkyl halides is 3. The van der Waals surface area contributed by atoms with Gasteiger partial charge in [-0.15, -0.1) is 0 Å². The van der Waals surface area contributed by atoms with Crippen molar-refractivity contribution < 1.29 is 18.0 Å². The molecule has 1 N–H and O–H groups in total. The van der Waals surface area contributed by atoms with E-state index in [0.29, 0.717) is 19.0 Å². The maximum atomic E-state index is 13.3. The van der Waals surface area contributed by atoms with E-state index in [4.69, 9.17) is 0 Å². The first-order valence-corrected chi connectivity index (χ1v) is 6.97. The highest BCUT2D eigenvalue weighted by molar-refractivity contribution is 5.84. The molecule has 19 heavy (non-hydrogen) atoms. The summed E-state index contributed by atoms with van der Waals surface area (Å²) in [7, 11) is 0. The Morgan fingerprint density at radius 2 is 2.21 bits per heavy atom. The fraction of sp³-hybridized carbons (Fsp3) is 0.923. The van der Waals surface area contributed by atoms with Crippen LogP contribution in [-0.2, 0) is 4.79 Å². The molecular formula is C13H21F3N2O. The first kappa shape index (κ1) is 14.6. The third-order valence-corrected chi connectivity index (χ3v) is 4.38. The fourth-order valence-corrected chi connectivity index (χ4v) is 3.20. The molecule has 0 spiro atoms. The van der Waals surface area contributed by atoms with Crippen LogP contribution in [0.5, 0.6) is 0 Å². The summed E-state index contributed by atoms with van der Waals surface area (Å²) in [6, 6.07) is 0. The Bertz CT molecular complexity index is 337. The quantitative estimate of drug-likeness (QED) is 0.858. The molecule has 110 valence electrons. The van der Waals surface area contributed by atoms with Gasteiger partial charge < -0.3 is 10.2 Å². The third kappa shape index (κ3) is 2.59. The molecule has 2 fully saturated rings. The summed E-state index contributed by atoms with van der Waals surface area (Å²) in [5.41, 5.74) is -2.19. The molecule has 1 amide bonds. The predicted octanol–water partition coefficient (Wildman–Crippen LogP) is 2.18. The highest BCUT2D eigenvalue weighted by Gasteiger charge is 2.62. The smallest absolute Gasteiger partial charge is 0.342 e. The highest BCUT2D eigenvalue weighted by Crippen LogP contribution is 2.45. The van der Waals surface area contributed by atoms with Crippen LogP contribution in [-0.4, -0.2) is 43.2 Å². The lowest BCUT2D eigenvalue weighted by atomic mass is 9.84. The predicted molar refractivity (Wildman–Crippen MR) is 65.6 cm³/mol. The number of rotatable bonds is 3. The van der Waals surface area contributed by atoms with Crippen molar-refractivity contribution in [2.75, 3.05) is 26.2 Å². The molecule has 0 aromatic rings. The SMILES string of the molecule is CCCC1CCN(C(=O)C2(C(F)(F)F)CCNC2)C1. The lowest BCUT2D eigenvalue weighted by molar-refractivity contribution is -0.221. The number of hydrogen-bond donors (Lipinski definition) is 1. The van der Waals surface area contributed by atoms with Crippen LogP contribution in [0.25, 0.3) is 0 Å². The van der Waals surface area contributed by atoms with E-state index in [9.17, 15) is 18.0 Å². The summed E-state index contributed by atoms with van der Waals surface area (Å²) in [5.74, 6) is -0.350. The first-order valence-electron chi connectivity index (χ1n) is 6.97. The van der Waals surface area contributed by atoms with Gasteiger partial charge in [-0.25, -0.2) is 0 Å². The average molecular weight is 278 g/mol. The van der Waals surface area contributed by atoms with Gasteiger partial charge in [0.05, 0.1) is 0 Å². The molecule has 6 heteroatoms. The summed E-state index contributed by atoms with van der Waals surface area (Å²) in [6.07, 6.45) is -1.76. The maximum absolute atomic E-state index is 13.3. The van der Waals surface area contributed by atoms with Gasteiger partial charge in [-0.05, 0) is 31.7 Å². The Morgan fingerprint density at radius 3 is 2.74 bits per heavy atom. The summed E-state index contributed by atoms with van der Waals surface area (Å²) in [5, 5.41) is 2.69. The van der Waals surface area contributed by atoms with E-state index >= 15 is 0 Å². The van der Waals surface area contributed by atoms with Crippen LogP contribution in [0.1, 0.15) is 32.6 Å². The Hall–Kier alpha value is -0.780. The lowest BCUT2D eigenvalue weighted by Gasteiger charge is -2.33. The first-order chi connectivity index (χ1) is 8.90. The molecule has 2 heterocycles. The number of carbonyl (C=O) groups excluding carboxylic acids is 1. The number of amides is 1. The van der Waals surface area contributed by atoms with Gasteiger partial charge in [0.15, 0.2) is 5.41 Å². The largest absolute Gasteiger partial charge is 0.404 e. The second kappa shape index (κ2) is 5.31. The molecule has 0 saturated carbocycles. The number of carbonyl (C=O) groups is 1. The number of likely N-dealkylation sites (tertiary alicyclic amines) is 1. The molecule has 2 saturated heterocycles. The molecule has 0 aliphatic carbocycles. The Morgan fingerprint density at radius 1 is 1.47 bits per heavy atom. The van der Waals surface area contributed by atoms with Crippen molar-refractivity contribution in [2.45, 2.75) is 38.8 Å². The van der Waals surface area contributed by atoms with Gasteiger partial charge in [0, 0.05) is 19.6 Å². The number of nitrogens with zero attached hydrogens (tertiary/aromatic N) is 1. The Kier molecular flexibility index (Phi) is 4.08. The topological polar surface area (TPSA) is 32.3 Å². The van der Waals surface area contributed by atoms with Crippen molar-refractivity contribution in [1.29, 1.82) is 0 Å². The number of hydrogen-bond acceptors (Lipinski definition) is 2. The van der Waals surface area contributed by atoms with Crippen molar-refractivity contribution in [2.24, 2.45) is 11.3 Å². The monoisotopic (exact) mass is 278 g/mol. The summed E-state index contributed by atoms with van der Waals surface area (Å²) < 4.78 is 39.8. The van der Waals surface area contributed by atoms with Crippen molar-refractivity contribution in [1.82, 2.24) is 10.2 Å². The number of nitrogens with one attached hydrogen (secondary N) is 1. The van der Waals surface area contributed by atoms with Crippen LogP contribution in [0, 0.1) is 11.3 Å². The average Bonchev–Trinajstić information content (AvgIpc) is 2.96. The van der Waals surface area contributed by atoms with E-state index in [2.05, 4.69) is 12.2 Å². The molecule has 0 bridgehead atoms. The Labute approximate surface area is 111 Å². The van der Waals surface area contributed by atoms with E-state index in [1.165, 1.54) is 4.90 Å². The second-order valence-electron chi connectivity index (χ2n) is 5.70. The zero-order valence-electron chi connectivity index (χ0n) is 11.2. The molecule has 2 atom stereocenters. The number of halogens is 3. The van der Waals surface area contributed by atoms with Gasteiger partial charge in [0.1, 0.15) is 0 Å². The van der Waals surface area contributed by atoms with Gasteiger partial charge in [0.25, 0.3) is 0 Å². The van der Waals surface area contributed by atoms with E-state index in [0.717, 1.165) is 19.3 Å². The fourth-order valence-electron chi connectivity index (χ4n) is 3.20. The van der Waals surface area contributed by atoms with Gasteiger partial charge >= 0.3 is 6.18 Å². The zero-order valence-corrected chi connectivity index (χ0v) is 11.2. The molecule has 0 aromatic heterocycles. The minimum Gasteiger partial charge on any atom is -0.342 e. The van der Waals surface area contributed by atoms with Crippen LogP contribution in [0.4, 0.5) is 13.2 Å². The molecule has 0 aromatic carbocycles. The van der Waals surface area contributed by atoms with Gasteiger partial charge in [-0.2, -0.15) is 13.2 Å². The van der Waals surface area contributed by atoms with Crippen molar-refractivity contribution in [3.63, 3.8) is 0 Å². The van der Waals surface area contributed by atoms with Crippen molar-refractivity contribution in [3.05, 3.63) is 0 Å². The van der Waals surface area contributed by atoms with Crippen LogP contribution in [0.15, 0.2) is 0 Å². The maximum Gasteiger partial charge on any atom is 0.404 e. The minimum absolute atomic E-state index is 0.135. The van der Waals surface area contributed by atoms with E-state index in [1.807, 2.05) is 0 Å². The van der Waals surface area contributed by atoms with Gasteiger partial charge in [-0.1, -0.05) is 13.3 Å². The zero-order chi connectivity index (χ0) is 14.1. The van der Waals surface area contributed by atoms with Gasteiger partial charge in [-0.3, -0.25) is 4.79 Å². The van der Waals surface area contributed by atoms with Crippen molar-refractivity contribution in [3.8, 4) is 0 Å². The summed E-state index contributed by atoms with van der Waals surface area (Å²) in [4.78, 5) is 13.8. The summed E-state index contributed by atoms with van der Waals surface area (Å²) >= 11 is 0. The highest BCUT2D eigenvalue weighted by atomic mass is 19.4. The minimum atomic E-state index is -4.46. The van der Waals surface area contributed by atoms with E-state index in [-0.39, 0.29) is 19.5 Å². The van der Waals surface area contributed by atoms with Crippen LogP contribution < -0.4 is 5.32 Å². The molecule has 2 aliphatic heterocycles. The molecule has 2 unspecified atom stereocenters. The van der Waals surface area contributed by atoms with Crippen LogP contribution in [0.3, 0.4) is 0 Å². The molecular weight excluding hydrogens is 257 g/mol. The van der Waals surface area contributed by atoms with E-state index < -0.39 is 17.5 Å². The third-order valence-electron chi connectivity index (χ3n) is 4.38. The second-order valence-corrected chi connectivity index (χ2v) is 5.70. The molecule has 3 nitrogen and oxygen atoms in total.